The molecule has 0 spiro atoms. The third-order valence-corrected chi connectivity index (χ3v) is 10.4. The van der Waals surface area contributed by atoms with Crippen molar-refractivity contribution in [2.75, 3.05) is 13.2 Å². The molecule has 16 N–H and O–H groups in total. The standard InChI is InChI=1S/C10H10O3.2C9H8O3.C8H8O2.2C7H6O2.C6H8O7.C3H7NO3.C3H5O6P.Ca/c11-9(6-7-10(12)13)8-4-2-1-3-5-8;10-8-3-1-2-7(6-8)4-5-9(11)12;10-8-4-2-1-3-7(8)5-6-9(11)12;9-8(10)6-7-4-2-1-3-5-7;2*8-7(9)6-4-2-1-3-5-6;7-3(8)1-6(13,5(11)12)2-4(9)10;4-2(1-5)3(6)7;4-1-2(3(5)6)9-10(7)8;/h1-5H,6-7H2,(H,12,13);2*1-6,10H,(H,11,12);1-5H,6H2,(H,9,10);2*1-5H,(H,8,9);13H,1-2H2,(H,7,8)(H,9,10)(H,11,12);2,5H,1,4H2,(H,6,7);2,4H,1H2,(H,5,6);/q;;;;;;;;;+2/p-2/t;;;;;;;2-;;/m.......0../s1. The van der Waals surface area contributed by atoms with Crippen molar-refractivity contribution in [3.05, 3.63) is 215 Å². The average molecular weight is 1390 g/mol. The predicted molar refractivity (Wildman–Crippen MR) is 329 cm³/mol. The minimum atomic E-state index is -3.22. The summed E-state index contributed by atoms with van der Waals surface area (Å²) in [5.41, 5.74) is 5.05. The first kappa shape index (κ1) is 91.8. The Morgan fingerprint density at radius 2 is 0.927 bits per heavy atom. The van der Waals surface area contributed by atoms with Crippen LogP contribution in [0.1, 0.15) is 73.4 Å². The molecule has 0 saturated heterocycles. The molecule has 3 atom stereocenters. The number of carbonyl (C=O) groups excluding carboxylic acids is 3. The van der Waals surface area contributed by atoms with Crippen LogP contribution in [-0.4, -0.2) is 212 Å². The summed E-state index contributed by atoms with van der Waals surface area (Å²) in [5, 5.41) is 138. The number of nitrogens with two attached hydrogens (primary N) is 1. The maximum absolute atomic E-state index is 11.3. The number of aliphatic hydroxyl groups is 3. The number of carboxylic acids is 11. The van der Waals surface area contributed by atoms with E-state index in [4.69, 9.17) is 72.1 Å². The van der Waals surface area contributed by atoms with Gasteiger partial charge in [0.1, 0.15) is 17.5 Å². The first-order chi connectivity index (χ1) is 44.5. The Balaban J connectivity index is -0.000000498. The quantitative estimate of drug-likeness (QED) is 0.0186. The second-order valence-corrected chi connectivity index (χ2v) is 18.1. The van der Waals surface area contributed by atoms with Crippen LogP contribution < -0.4 is 20.8 Å². The third-order valence-electron chi connectivity index (χ3n) is 9.96. The molecule has 6 aromatic carbocycles. The van der Waals surface area contributed by atoms with E-state index in [-0.39, 0.29) is 85.4 Å². The minimum absolute atomic E-state index is 0. The number of phenolic OH excluding ortho intramolecular Hbond substituents is 2. The van der Waals surface area contributed by atoms with Crippen molar-refractivity contribution in [1.82, 2.24) is 0 Å². The summed E-state index contributed by atoms with van der Waals surface area (Å²) in [6.07, 6.45) is 0.877. The fraction of sp³-hybridized carbons (Fsp3) is 0.161. The molecule has 0 aliphatic rings. The van der Waals surface area contributed by atoms with Crippen molar-refractivity contribution >= 4 is 130 Å². The van der Waals surface area contributed by atoms with Crippen LogP contribution in [-0.2, 0) is 58.7 Å². The number of aromatic hydroxyl groups is 2. The van der Waals surface area contributed by atoms with Crippen LogP contribution in [0.2, 0.25) is 0 Å². The van der Waals surface area contributed by atoms with Crippen molar-refractivity contribution in [2.24, 2.45) is 5.73 Å². The molecular formula is C62H64CaNO31P. The number of phenols is 2. The number of ketones is 1. The van der Waals surface area contributed by atoms with Crippen LogP contribution in [0.15, 0.2) is 182 Å². The molecule has 0 fully saturated rings. The van der Waals surface area contributed by atoms with Gasteiger partial charge in [0, 0.05) is 29.7 Å². The van der Waals surface area contributed by atoms with E-state index in [0.29, 0.717) is 16.7 Å². The van der Waals surface area contributed by atoms with Gasteiger partial charge < -0.3 is 102 Å². The number of carbonyl (C=O) groups is 12. The van der Waals surface area contributed by atoms with Crippen LogP contribution in [0.4, 0.5) is 0 Å². The Morgan fingerprint density at radius 3 is 1.23 bits per heavy atom. The number of carboxylic acid groups (broad SMARTS) is 11. The van der Waals surface area contributed by atoms with Gasteiger partial charge in [0.15, 0.2) is 11.4 Å². The van der Waals surface area contributed by atoms with E-state index in [1.165, 1.54) is 54.6 Å². The van der Waals surface area contributed by atoms with Gasteiger partial charge >= 0.3 is 99.7 Å². The molecule has 34 heteroatoms. The Hall–Kier alpha value is -10.6. The Kier molecular flexibility index (Phi) is 51.5. The second-order valence-electron chi connectivity index (χ2n) is 17.5. The molecule has 0 bridgehead atoms. The van der Waals surface area contributed by atoms with E-state index >= 15 is 0 Å². The largest absolute Gasteiger partial charge is 2.00 e. The molecule has 0 aliphatic heterocycles. The summed E-state index contributed by atoms with van der Waals surface area (Å²) in [6.45, 7) is -1.37. The zero-order chi connectivity index (χ0) is 73.1. The zero-order valence-electron chi connectivity index (χ0n) is 50.0. The molecule has 0 radical (unpaired) electrons. The number of aromatic carboxylic acids is 2. The predicted octanol–water partition coefficient (Wildman–Crippen LogP) is 1.36. The fourth-order valence-electron chi connectivity index (χ4n) is 5.55. The Labute approximate surface area is 575 Å². The third kappa shape index (κ3) is 50.9. The molecular weight excluding hydrogens is 1330 g/mol. The van der Waals surface area contributed by atoms with Gasteiger partial charge in [-0.3, -0.25) is 28.8 Å². The molecule has 0 aromatic heterocycles. The smallest absolute Gasteiger partial charge is 0.566 e. The van der Waals surface area contributed by atoms with Gasteiger partial charge in [0.2, 0.25) is 6.10 Å². The number of aliphatic hydroxyl groups excluding tert-OH is 2. The van der Waals surface area contributed by atoms with Gasteiger partial charge in [-0.15, -0.1) is 4.52 Å². The molecule has 0 aliphatic carbocycles. The molecule has 510 valence electrons. The average Bonchev–Trinajstić information content (AvgIpc) is 1.17. The van der Waals surface area contributed by atoms with Gasteiger partial charge in [0.05, 0.1) is 50.8 Å². The summed E-state index contributed by atoms with van der Waals surface area (Å²) in [7, 11) is -3.22. The zero-order valence-corrected chi connectivity index (χ0v) is 53.1. The first-order valence-corrected chi connectivity index (χ1v) is 27.2. The van der Waals surface area contributed by atoms with Crippen molar-refractivity contribution < 1.29 is 153 Å². The van der Waals surface area contributed by atoms with Gasteiger partial charge in [-0.2, -0.15) is 0 Å². The molecule has 96 heavy (non-hydrogen) atoms. The van der Waals surface area contributed by atoms with Gasteiger partial charge in [-0.25, -0.2) is 19.2 Å². The molecule has 0 saturated carbocycles. The normalized spacial score (nSPS) is 10.4. The van der Waals surface area contributed by atoms with Crippen LogP contribution in [0.5, 0.6) is 11.5 Å². The van der Waals surface area contributed by atoms with Gasteiger partial charge in [-0.1, -0.05) is 152 Å². The number of hydrogen-bond donors (Lipinski definition) is 15. The van der Waals surface area contributed by atoms with Crippen LogP contribution in [0.3, 0.4) is 0 Å². The summed E-state index contributed by atoms with van der Waals surface area (Å²) >= 11 is 0. The minimum Gasteiger partial charge on any atom is -0.566 e. The summed E-state index contributed by atoms with van der Waals surface area (Å²) in [5.74, 6) is -13.6. The Bertz CT molecular complexity index is 3380. The Morgan fingerprint density at radius 1 is 0.510 bits per heavy atom. The molecule has 32 nitrogen and oxygen atoms in total. The maximum atomic E-state index is 11.3. The van der Waals surface area contributed by atoms with E-state index in [9.17, 15) is 82.3 Å². The van der Waals surface area contributed by atoms with Crippen molar-refractivity contribution in [1.29, 1.82) is 0 Å². The van der Waals surface area contributed by atoms with Crippen molar-refractivity contribution in [3.63, 3.8) is 0 Å². The SMILES string of the molecule is N[C@@H](CO)C(=O)O.O=C(O)C(CO)O[P+](=O)[O-].O=C(O)C=Cc1cccc(O)c1.O=C(O)C=Cc1ccccc1O.O=C(O)CC(O)(CC(=O)O)C(=O)O.O=C(O)CCC(=O)c1ccccc1.O=C(O)Cc1ccccc1.O=C([O-])c1ccccc1.O=C([O-])c1ccccc1.[Ca+2]. The van der Waals surface area contributed by atoms with Crippen LogP contribution in [0.25, 0.3) is 12.2 Å². The van der Waals surface area contributed by atoms with E-state index in [2.05, 4.69) is 4.52 Å². The number of aliphatic carboxylic acids is 9. The van der Waals surface area contributed by atoms with E-state index in [1.807, 2.05) is 24.3 Å². The first-order valence-electron chi connectivity index (χ1n) is 26.1. The number of Topliss-reactive ketones (excluding diaryl/α,β-unsaturated/α-hetero) is 1. The van der Waals surface area contributed by atoms with Gasteiger partial charge in [0.25, 0.3) is 0 Å². The van der Waals surface area contributed by atoms with Crippen molar-refractivity contribution in [2.45, 2.75) is 49.9 Å². The topological polar surface area (TPSA) is 610 Å². The maximum Gasteiger partial charge on any atom is 2.00 e. The van der Waals surface area contributed by atoms with Crippen LogP contribution >= 0.6 is 8.25 Å². The molecule has 0 amide bonds. The summed E-state index contributed by atoms with van der Waals surface area (Å²) in [4.78, 5) is 132. The van der Waals surface area contributed by atoms with E-state index < -0.39 is 118 Å². The number of hydrogen-bond acceptors (Lipinski definition) is 23. The monoisotopic (exact) mass is 1390 g/mol. The fourth-order valence-corrected chi connectivity index (χ4v) is 5.91. The van der Waals surface area contributed by atoms with E-state index in [0.717, 1.165) is 17.7 Å². The molecule has 6 aromatic rings. The molecule has 6 rings (SSSR count). The molecule has 2 unspecified atom stereocenters. The summed E-state index contributed by atoms with van der Waals surface area (Å²) in [6, 6.07) is 45.7. The van der Waals surface area contributed by atoms with Crippen molar-refractivity contribution in [3.8, 4) is 11.5 Å². The number of para-hydroxylation sites is 1. The number of benzene rings is 6. The molecule has 0 heterocycles. The second kappa shape index (κ2) is 53.8. The van der Waals surface area contributed by atoms with Crippen LogP contribution in [0, 0.1) is 0 Å². The number of rotatable bonds is 23. The van der Waals surface area contributed by atoms with Gasteiger partial charge in [-0.05, 0) is 57.2 Å². The summed E-state index contributed by atoms with van der Waals surface area (Å²) < 4.78 is 13.5. The van der Waals surface area contributed by atoms with E-state index in [1.54, 1.807) is 103 Å².